The molecular weight excluding hydrogens is 730 g/mol. The van der Waals surface area contributed by atoms with Crippen LogP contribution in [0.2, 0.25) is 0 Å². The lowest BCUT2D eigenvalue weighted by atomic mass is 9.51. The quantitative estimate of drug-likeness (QED) is 0.0607. The average molecular weight is 792 g/mol. The van der Waals surface area contributed by atoms with Crippen LogP contribution in [0.15, 0.2) is 24.3 Å². The van der Waals surface area contributed by atoms with Crippen molar-refractivity contribution in [2.45, 2.75) is 113 Å². The van der Waals surface area contributed by atoms with E-state index in [4.69, 9.17) is 29.2 Å². The number of likely N-dealkylation sites (tertiary alicyclic amines) is 1. The number of carbonyl (C=O) groups excluding carboxylic acids is 2. The van der Waals surface area contributed by atoms with Gasteiger partial charge in [-0.15, -0.1) is 0 Å². The molecule has 17 heteroatoms. The molecule has 1 saturated heterocycles. The second kappa shape index (κ2) is 21.9. The molecule has 0 spiro atoms. The Hall–Kier alpha value is -3.44. The molecular formula is C39H61N5O12. The lowest BCUT2D eigenvalue weighted by Crippen LogP contribution is -2.66. The van der Waals surface area contributed by atoms with Crippen LogP contribution < -0.4 is 10.6 Å². The van der Waals surface area contributed by atoms with E-state index in [-0.39, 0.29) is 62.4 Å². The Morgan fingerprint density at radius 3 is 2.30 bits per heavy atom. The van der Waals surface area contributed by atoms with Crippen molar-refractivity contribution in [3.05, 3.63) is 35.4 Å². The minimum atomic E-state index is -1.67. The van der Waals surface area contributed by atoms with Gasteiger partial charge in [-0.1, -0.05) is 31.2 Å². The first kappa shape index (κ1) is 45.3. The molecule has 9 atom stereocenters. The van der Waals surface area contributed by atoms with Gasteiger partial charge in [-0.25, -0.2) is 4.79 Å². The van der Waals surface area contributed by atoms with E-state index in [1.165, 1.54) is 6.42 Å². The number of alkyl carbamates (subject to hydrolysis) is 1. The predicted octanol–water partition coefficient (Wildman–Crippen LogP) is 0.100. The first-order valence-corrected chi connectivity index (χ1v) is 19.7. The average Bonchev–Trinajstić information content (AvgIpc) is 3.67. The van der Waals surface area contributed by atoms with Gasteiger partial charge in [0.25, 0.3) is 6.47 Å². The van der Waals surface area contributed by atoms with E-state index >= 15 is 0 Å². The second-order valence-electron chi connectivity index (χ2n) is 15.7. The summed E-state index contributed by atoms with van der Waals surface area (Å²) in [5.74, 6) is 1.18. The van der Waals surface area contributed by atoms with Gasteiger partial charge in [0.15, 0.2) is 0 Å². The SMILES string of the molecule is CCN(Cc1ccc(CNC(=O)OCCOCCOC23CC4C[C@@H](CC(NCC(=O)N5CCC[C@H]5C#N)(C4)C2)C3)cc1)C[C@H](O)[C@@H](O)[C@H](O)[C@H](O)CO.O=CO. The number of likely N-dealkylation sites (N-methyl/N-ethyl adjacent to an activating group) is 1. The molecule has 4 bridgehead atoms. The monoisotopic (exact) mass is 791 g/mol. The zero-order chi connectivity index (χ0) is 40.7. The highest BCUT2D eigenvalue weighted by Gasteiger charge is 2.58. The number of nitriles is 1. The highest BCUT2D eigenvalue weighted by Crippen LogP contribution is 2.58. The molecule has 17 nitrogen and oxygen atoms in total. The van der Waals surface area contributed by atoms with Gasteiger partial charge in [0.2, 0.25) is 5.91 Å². The number of aliphatic hydroxyl groups is 5. The Kier molecular flexibility index (Phi) is 17.7. The van der Waals surface area contributed by atoms with E-state index in [2.05, 4.69) is 16.7 Å². The summed E-state index contributed by atoms with van der Waals surface area (Å²) < 4.78 is 17.5. The zero-order valence-electron chi connectivity index (χ0n) is 32.3. The summed E-state index contributed by atoms with van der Waals surface area (Å²) in [7, 11) is 0. The Bertz CT molecular complexity index is 1420. The summed E-state index contributed by atoms with van der Waals surface area (Å²) in [6.45, 7) is 4.39. The van der Waals surface area contributed by atoms with Gasteiger partial charge in [0, 0.05) is 31.7 Å². The van der Waals surface area contributed by atoms with Gasteiger partial charge in [-0.05, 0) is 80.9 Å². The van der Waals surface area contributed by atoms with Crippen molar-refractivity contribution in [3.8, 4) is 6.07 Å². The van der Waals surface area contributed by atoms with Crippen molar-refractivity contribution in [1.82, 2.24) is 20.4 Å². The normalized spacial score (nSPS) is 27.1. The molecule has 56 heavy (non-hydrogen) atoms. The number of nitrogens with zero attached hydrogens (tertiary/aromatic N) is 3. The Balaban J connectivity index is 0.00000225. The molecule has 1 aromatic carbocycles. The molecule has 314 valence electrons. The molecule has 4 aliphatic carbocycles. The molecule has 0 aromatic heterocycles. The van der Waals surface area contributed by atoms with Crippen molar-refractivity contribution < 1.29 is 59.2 Å². The summed E-state index contributed by atoms with van der Waals surface area (Å²) in [5, 5.41) is 71.5. The van der Waals surface area contributed by atoms with Crippen LogP contribution in [-0.2, 0) is 36.9 Å². The minimum Gasteiger partial charge on any atom is -0.483 e. The van der Waals surface area contributed by atoms with Crippen molar-refractivity contribution in [2.24, 2.45) is 11.8 Å². The number of carbonyl (C=O) groups is 3. The lowest BCUT2D eigenvalue weighted by Gasteiger charge is -2.62. The molecule has 6 rings (SSSR count). The maximum Gasteiger partial charge on any atom is 0.407 e. The summed E-state index contributed by atoms with van der Waals surface area (Å²) in [4.78, 5) is 37.2. The molecule has 1 aromatic rings. The van der Waals surface area contributed by atoms with E-state index in [1.54, 1.807) is 4.90 Å². The van der Waals surface area contributed by atoms with Gasteiger partial charge in [0.1, 0.15) is 31.0 Å². The number of aliphatic hydroxyl groups excluding tert-OH is 5. The van der Waals surface area contributed by atoms with E-state index in [0.717, 1.165) is 56.1 Å². The van der Waals surface area contributed by atoms with E-state index in [1.807, 2.05) is 36.1 Å². The molecule has 4 saturated carbocycles. The Morgan fingerprint density at radius 1 is 1.02 bits per heavy atom. The number of benzene rings is 1. The highest BCUT2D eigenvalue weighted by atomic mass is 16.6. The van der Waals surface area contributed by atoms with Crippen molar-refractivity contribution in [2.75, 3.05) is 59.2 Å². The zero-order valence-corrected chi connectivity index (χ0v) is 32.3. The third kappa shape index (κ3) is 12.8. The van der Waals surface area contributed by atoms with E-state index < -0.39 is 37.1 Å². The summed E-state index contributed by atoms with van der Waals surface area (Å²) in [6.07, 6.45) is 1.23. The standard InChI is InChI=1S/C38H59N5O10.CH2O2/c1-2-42(23-31(45)34(48)35(49)32(46)24-44)22-27-7-5-26(6-8-27)20-40-36(50)52-12-10-51-11-13-53-38-17-28-14-29(18-38)16-37(15-28,25-38)41-21-33(47)43-9-3-4-30(43)19-39;2-1-3/h5-8,28-32,34-35,41,44-46,48-49H,2-4,9-18,20-25H2,1H3,(H,40,50);1H,(H,2,3)/t28-,29?,30-,31-,32+,34+,35+,37?,38?;/m0./s1. The Morgan fingerprint density at radius 2 is 1.66 bits per heavy atom. The fraction of sp³-hybridized carbons (Fsp3) is 0.744. The summed E-state index contributed by atoms with van der Waals surface area (Å²) in [5.41, 5.74) is 1.50. The van der Waals surface area contributed by atoms with Gasteiger partial charge in [0.05, 0.1) is 50.7 Å². The summed E-state index contributed by atoms with van der Waals surface area (Å²) in [6, 6.07) is 9.51. The first-order valence-electron chi connectivity index (χ1n) is 19.7. The third-order valence-corrected chi connectivity index (χ3v) is 11.5. The smallest absolute Gasteiger partial charge is 0.407 e. The van der Waals surface area contributed by atoms with Crippen molar-refractivity contribution in [3.63, 3.8) is 0 Å². The fourth-order valence-electron chi connectivity index (χ4n) is 9.22. The van der Waals surface area contributed by atoms with Crippen molar-refractivity contribution in [1.29, 1.82) is 5.26 Å². The molecule has 1 aliphatic heterocycles. The molecule has 2 amide bonds. The van der Waals surface area contributed by atoms with Crippen LogP contribution in [0.4, 0.5) is 4.79 Å². The third-order valence-electron chi connectivity index (χ3n) is 11.5. The fourth-order valence-corrected chi connectivity index (χ4v) is 9.22. The van der Waals surface area contributed by atoms with Crippen LogP contribution in [0.3, 0.4) is 0 Å². The van der Waals surface area contributed by atoms with Crippen LogP contribution in [-0.4, -0.2) is 160 Å². The van der Waals surface area contributed by atoms with Crippen LogP contribution in [0.25, 0.3) is 0 Å². The minimum absolute atomic E-state index is 0.0184. The molecule has 8 N–H and O–H groups in total. The summed E-state index contributed by atoms with van der Waals surface area (Å²) >= 11 is 0. The number of ether oxygens (including phenoxy) is 3. The maximum absolute atomic E-state index is 13.0. The predicted molar refractivity (Wildman–Crippen MR) is 201 cm³/mol. The van der Waals surface area contributed by atoms with E-state index in [9.17, 15) is 35.3 Å². The second-order valence-corrected chi connectivity index (χ2v) is 15.7. The molecule has 5 fully saturated rings. The van der Waals surface area contributed by atoms with Gasteiger partial charge in [-0.2, -0.15) is 5.26 Å². The van der Waals surface area contributed by atoms with Crippen LogP contribution in [0, 0.1) is 23.2 Å². The van der Waals surface area contributed by atoms with Crippen LogP contribution >= 0.6 is 0 Å². The number of carboxylic acid groups (broad SMARTS) is 1. The Labute approximate surface area is 328 Å². The molecule has 0 radical (unpaired) electrons. The van der Waals surface area contributed by atoms with Crippen LogP contribution in [0.1, 0.15) is 69.4 Å². The molecule has 3 unspecified atom stereocenters. The number of hydrogen-bond acceptors (Lipinski definition) is 14. The van der Waals surface area contributed by atoms with Gasteiger partial charge >= 0.3 is 6.09 Å². The lowest BCUT2D eigenvalue weighted by molar-refractivity contribution is -0.182. The largest absolute Gasteiger partial charge is 0.483 e. The van der Waals surface area contributed by atoms with Gasteiger partial charge < -0.3 is 60.4 Å². The van der Waals surface area contributed by atoms with Gasteiger partial charge in [-0.3, -0.25) is 14.5 Å². The first-order chi connectivity index (χ1) is 26.9. The van der Waals surface area contributed by atoms with Crippen LogP contribution in [0.5, 0.6) is 0 Å². The topological polar surface area (TPSA) is 255 Å². The number of nitrogens with one attached hydrogen (secondary N) is 2. The highest BCUT2D eigenvalue weighted by molar-refractivity contribution is 5.79. The van der Waals surface area contributed by atoms with E-state index in [0.29, 0.717) is 44.7 Å². The number of hydrogen-bond donors (Lipinski definition) is 8. The van der Waals surface area contributed by atoms with Crippen molar-refractivity contribution >= 4 is 18.5 Å². The number of rotatable bonds is 21. The molecule has 5 aliphatic rings. The molecule has 1 heterocycles. The maximum atomic E-state index is 13.0. The number of amides is 2.